The van der Waals surface area contributed by atoms with Crippen LogP contribution in [-0.4, -0.2) is 34.8 Å². The van der Waals surface area contributed by atoms with Gasteiger partial charge in [0.25, 0.3) is 5.91 Å². The first-order valence-electron chi connectivity index (χ1n) is 5.08. The molecule has 1 fully saturated rings. The minimum Gasteiger partial charge on any atom is -0.358 e. The normalized spacial score (nSPS) is 20.4. The number of nitrogens with zero attached hydrogens (tertiary/aromatic N) is 2. The summed E-state index contributed by atoms with van der Waals surface area (Å²) in [5, 5.41) is 2.97. The highest BCUT2D eigenvalue weighted by Crippen LogP contribution is 2.15. The van der Waals surface area contributed by atoms with Crippen LogP contribution >= 0.6 is 0 Å². The number of likely N-dealkylation sites (tertiary alicyclic amines) is 1. The zero-order valence-corrected chi connectivity index (χ0v) is 9.23. The van der Waals surface area contributed by atoms with Crippen LogP contribution in [0.5, 0.6) is 0 Å². The van der Waals surface area contributed by atoms with Crippen molar-refractivity contribution < 1.29 is 9.59 Å². The minimum atomic E-state index is -0.480. The van der Waals surface area contributed by atoms with E-state index in [-0.39, 0.29) is 18.2 Å². The second kappa shape index (κ2) is 3.92. The molecule has 1 unspecified atom stereocenters. The van der Waals surface area contributed by atoms with Crippen LogP contribution in [-0.2, 0) is 9.59 Å². The predicted molar refractivity (Wildman–Crippen MR) is 58.8 cm³/mol. The van der Waals surface area contributed by atoms with Gasteiger partial charge in [0.05, 0.1) is 6.42 Å². The molecule has 1 aliphatic heterocycles. The molecule has 1 N–H and O–H groups in total. The van der Waals surface area contributed by atoms with Crippen LogP contribution < -0.4 is 5.32 Å². The van der Waals surface area contributed by atoms with Gasteiger partial charge in [-0.1, -0.05) is 6.07 Å². The molecule has 1 aromatic rings. The number of carbonyl (C=O) groups excluding carboxylic acids is 2. The lowest BCUT2D eigenvalue weighted by atomic mass is 10.2. The number of nitrogens with one attached hydrogen (secondary N) is 1. The van der Waals surface area contributed by atoms with Crippen molar-refractivity contribution in [3.8, 4) is 0 Å². The van der Waals surface area contributed by atoms with Gasteiger partial charge in [0.1, 0.15) is 11.9 Å². The maximum absolute atomic E-state index is 11.6. The molecule has 0 aromatic carbocycles. The van der Waals surface area contributed by atoms with E-state index < -0.39 is 6.04 Å². The number of rotatable bonds is 2. The third-order valence-electron chi connectivity index (χ3n) is 2.59. The van der Waals surface area contributed by atoms with Gasteiger partial charge in [-0.2, -0.15) is 0 Å². The summed E-state index contributed by atoms with van der Waals surface area (Å²) in [6.45, 7) is 1.87. The van der Waals surface area contributed by atoms with Gasteiger partial charge in [-0.05, 0) is 19.1 Å². The lowest BCUT2D eigenvalue weighted by Gasteiger charge is -2.11. The Kier molecular flexibility index (Phi) is 2.60. The van der Waals surface area contributed by atoms with E-state index in [1.165, 1.54) is 7.05 Å². The highest BCUT2D eigenvalue weighted by atomic mass is 16.2. The first-order valence-corrected chi connectivity index (χ1v) is 5.08. The number of anilines is 1. The van der Waals surface area contributed by atoms with E-state index in [4.69, 9.17) is 0 Å². The Morgan fingerprint density at radius 1 is 1.44 bits per heavy atom. The SMILES string of the molecule is Cc1cccc(NC2CC(=O)N(C)C2=O)n1. The van der Waals surface area contributed by atoms with E-state index in [2.05, 4.69) is 10.3 Å². The summed E-state index contributed by atoms with van der Waals surface area (Å²) in [7, 11) is 1.50. The summed E-state index contributed by atoms with van der Waals surface area (Å²) in [5.74, 6) is 0.268. The van der Waals surface area contributed by atoms with E-state index in [0.29, 0.717) is 5.82 Å². The molecule has 1 saturated heterocycles. The first-order chi connectivity index (χ1) is 7.58. The van der Waals surface area contributed by atoms with Crippen molar-refractivity contribution in [2.24, 2.45) is 0 Å². The maximum atomic E-state index is 11.6. The van der Waals surface area contributed by atoms with Gasteiger partial charge in [-0.15, -0.1) is 0 Å². The fourth-order valence-electron chi connectivity index (χ4n) is 1.67. The van der Waals surface area contributed by atoms with E-state index in [1.54, 1.807) is 6.07 Å². The predicted octanol–water partition coefficient (Wildman–Crippen LogP) is 0.559. The topological polar surface area (TPSA) is 62.3 Å². The zero-order chi connectivity index (χ0) is 11.7. The molecule has 5 nitrogen and oxygen atoms in total. The molecule has 0 radical (unpaired) electrons. The summed E-state index contributed by atoms with van der Waals surface area (Å²) >= 11 is 0. The first kappa shape index (κ1) is 10.6. The largest absolute Gasteiger partial charge is 0.358 e. The summed E-state index contributed by atoms with van der Waals surface area (Å²) < 4.78 is 0. The van der Waals surface area contributed by atoms with E-state index in [0.717, 1.165) is 10.6 Å². The number of amides is 2. The van der Waals surface area contributed by atoms with Crippen molar-refractivity contribution in [2.45, 2.75) is 19.4 Å². The molecule has 0 spiro atoms. The van der Waals surface area contributed by atoms with E-state index >= 15 is 0 Å². The number of hydrogen-bond acceptors (Lipinski definition) is 4. The summed E-state index contributed by atoms with van der Waals surface area (Å²) in [6.07, 6.45) is 0.199. The minimum absolute atomic E-state index is 0.157. The van der Waals surface area contributed by atoms with Gasteiger partial charge in [0.2, 0.25) is 5.91 Å². The van der Waals surface area contributed by atoms with Crippen LogP contribution in [0, 0.1) is 6.92 Å². The molecule has 2 heterocycles. The monoisotopic (exact) mass is 219 g/mol. The Morgan fingerprint density at radius 2 is 2.19 bits per heavy atom. The number of carbonyl (C=O) groups is 2. The van der Waals surface area contributed by atoms with Crippen LogP contribution in [0.1, 0.15) is 12.1 Å². The molecular formula is C11H13N3O2. The number of imide groups is 1. The molecular weight excluding hydrogens is 206 g/mol. The smallest absolute Gasteiger partial charge is 0.251 e. The molecule has 5 heteroatoms. The Bertz CT molecular complexity index is 445. The molecule has 0 saturated carbocycles. The summed E-state index contributed by atoms with van der Waals surface area (Å²) in [5.41, 5.74) is 0.870. The Hall–Kier alpha value is -1.91. The van der Waals surface area contributed by atoms with Gasteiger partial charge < -0.3 is 5.32 Å². The number of aryl methyl sites for hydroxylation is 1. The molecule has 1 atom stereocenters. The van der Waals surface area contributed by atoms with Gasteiger partial charge in [-0.25, -0.2) is 4.98 Å². The van der Waals surface area contributed by atoms with Crippen molar-refractivity contribution in [1.29, 1.82) is 0 Å². The van der Waals surface area contributed by atoms with Crippen LogP contribution in [0.15, 0.2) is 18.2 Å². The lowest BCUT2D eigenvalue weighted by Crippen LogP contribution is -2.32. The lowest BCUT2D eigenvalue weighted by molar-refractivity contribution is -0.136. The maximum Gasteiger partial charge on any atom is 0.251 e. The second-order valence-electron chi connectivity index (χ2n) is 3.86. The van der Waals surface area contributed by atoms with Crippen molar-refractivity contribution in [3.63, 3.8) is 0 Å². The fraction of sp³-hybridized carbons (Fsp3) is 0.364. The van der Waals surface area contributed by atoms with Crippen molar-refractivity contribution in [3.05, 3.63) is 23.9 Å². The second-order valence-corrected chi connectivity index (χ2v) is 3.86. The van der Waals surface area contributed by atoms with Crippen LogP contribution in [0.4, 0.5) is 5.82 Å². The fourth-order valence-corrected chi connectivity index (χ4v) is 1.67. The van der Waals surface area contributed by atoms with Gasteiger partial charge >= 0.3 is 0 Å². The Balaban J connectivity index is 2.12. The highest BCUT2D eigenvalue weighted by Gasteiger charge is 2.35. The van der Waals surface area contributed by atoms with Crippen molar-refractivity contribution in [1.82, 2.24) is 9.88 Å². The zero-order valence-electron chi connectivity index (χ0n) is 9.23. The number of aromatic nitrogens is 1. The Morgan fingerprint density at radius 3 is 2.75 bits per heavy atom. The summed E-state index contributed by atoms with van der Waals surface area (Å²) in [4.78, 5) is 28.3. The molecule has 2 rings (SSSR count). The van der Waals surface area contributed by atoms with E-state index in [1.807, 2.05) is 19.1 Å². The van der Waals surface area contributed by atoms with Crippen LogP contribution in [0.3, 0.4) is 0 Å². The third kappa shape index (κ3) is 1.88. The molecule has 84 valence electrons. The number of hydrogen-bond donors (Lipinski definition) is 1. The number of pyridine rings is 1. The molecule has 1 aromatic heterocycles. The van der Waals surface area contributed by atoms with Crippen molar-refractivity contribution in [2.75, 3.05) is 12.4 Å². The summed E-state index contributed by atoms with van der Waals surface area (Å²) in [6, 6.07) is 5.03. The number of likely N-dealkylation sites (N-methyl/N-ethyl adjacent to an activating group) is 1. The van der Waals surface area contributed by atoms with Gasteiger partial charge in [0.15, 0.2) is 0 Å². The molecule has 2 amide bonds. The van der Waals surface area contributed by atoms with Crippen LogP contribution in [0.2, 0.25) is 0 Å². The molecule has 1 aliphatic rings. The van der Waals surface area contributed by atoms with Crippen LogP contribution in [0.25, 0.3) is 0 Å². The average molecular weight is 219 g/mol. The standard InChI is InChI=1S/C11H13N3O2/c1-7-4-3-5-9(12-7)13-8-6-10(15)14(2)11(8)16/h3-5,8H,6H2,1-2H3,(H,12,13). The van der Waals surface area contributed by atoms with Crippen molar-refractivity contribution >= 4 is 17.6 Å². The third-order valence-corrected chi connectivity index (χ3v) is 2.59. The van der Waals surface area contributed by atoms with Gasteiger partial charge in [-0.3, -0.25) is 14.5 Å². The Labute approximate surface area is 93.5 Å². The van der Waals surface area contributed by atoms with Gasteiger partial charge in [0, 0.05) is 12.7 Å². The quantitative estimate of drug-likeness (QED) is 0.738. The van der Waals surface area contributed by atoms with E-state index in [9.17, 15) is 9.59 Å². The molecule has 0 aliphatic carbocycles. The highest BCUT2D eigenvalue weighted by molar-refractivity contribution is 6.06. The average Bonchev–Trinajstić information content (AvgIpc) is 2.47. The molecule has 16 heavy (non-hydrogen) atoms. The molecule has 0 bridgehead atoms.